The normalized spacial score (nSPS) is 17.4. The van der Waals surface area contributed by atoms with Crippen molar-refractivity contribution in [3.8, 4) is 5.75 Å². The van der Waals surface area contributed by atoms with Crippen molar-refractivity contribution in [2.45, 2.75) is 25.3 Å². The summed E-state index contributed by atoms with van der Waals surface area (Å²) < 4.78 is 5.14. The molecule has 0 aliphatic heterocycles. The van der Waals surface area contributed by atoms with E-state index in [1.54, 1.807) is 0 Å². The first-order valence-electron chi connectivity index (χ1n) is 6.75. The summed E-state index contributed by atoms with van der Waals surface area (Å²) in [7, 11) is 1.48. The SMILES string of the molecule is COc1c(NC2CCCc3ccccc32)nc[nH]c1=O. The summed E-state index contributed by atoms with van der Waals surface area (Å²) in [6.07, 6.45) is 4.64. The van der Waals surface area contributed by atoms with E-state index in [0.717, 1.165) is 19.3 Å². The molecule has 0 saturated heterocycles. The van der Waals surface area contributed by atoms with Gasteiger partial charge in [0.15, 0.2) is 5.82 Å². The fraction of sp³-hybridized carbons (Fsp3) is 0.333. The lowest BCUT2D eigenvalue weighted by atomic mass is 9.88. The van der Waals surface area contributed by atoms with Crippen LogP contribution in [0.2, 0.25) is 0 Å². The van der Waals surface area contributed by atoms with Gasteiger partial charge >= 0.3 is 0 Å². The van der Waals surface area contributed by atoms with Crippen LogP contribution in [-0.4, -0.2) is 17.1 Å². The standard InChI is InChI=1S/C15H17N3O2/c1-20-13-14(16-9-17-15(13)19)18-12-8-4-6-10-5-2-3-7-11(10)12/h2-3,5,7,9,12H,4,6,8H2,1H3,(H2,16,17,18,19). The highest BCUT2D eigenvalue weighted by Crippen LogP contribution is 2.33. The van der Waals surface area contributed by atoms with E-state index in [4.69, 9.17) is 4.74 Å². The van der Waals surface area contributed by atoms with Gasteiger partial charge in [-0.05, 0) is 30.4 Å². The number of nitrogens with one attached hydrogen (secondary N) is 2. The summed E-state index contributed by atoms with van der Waals surface area (Å²) >= 11 is 0. The van der Waals surface area contributed by atoms with Gasteiger partial charge in [0.1, 0.15) is 0 Å². The van der Waals surface area contributed by atoms with Gasteiger partial charge in [0, 0.05) is 0 Å². The van der Waals surface area contributed by atoms with Gasteiger partial charge in [0.05, 0.1) is 19.5 Å². The van der Waals surface area contributed by atoms with Crippen molar-refractivity contribution < 1.29 is 4.74 Å². The lowest BCUT2D eigenvalue weighted by Crippen LogP contribution is -2.20. The van der Waals surface area contributed by atoms with Gasteiger partial charge in [-0.3, -0.25) is 4.79 Å². The molecule has 0 fully saturated rings. The van der Waals surface area contributed by atoms with Crippen LogP contribution in [0.25, 0.3) is 0 Å². The molecule has 0 bridgehead atoms. The van der Waals surface area contributed by atoms with Gasteiger partial charge in [0.25, 0.3) is 5.56 Å². The molecular weight excluding hydrogens is 254 g/mol. The predicted octanol–water partition coefficient (Wildman–Crippen LogP) is 2.27. The largest absolute Gasteiger partial charge is 0.489 e. The summed E-state index contributed by atoms with van der Waals surface area (Å²) in [6, 6.07) is 8.56. The average molecular weight is 271 g/mol. The maximum atomic E-state index is 11.7. The first kappa shape index (κ1) is 12.7. The van der Waals surface area contributed by atoms with E-state index in [1.807, 2.05) is 6.07 Å². The number of hydrogen-bond acceptors (Lipinski definition) is 4. The number of hydrogen-bond donors (Lipinski definition) is 2. The third-order valence-corrected chi connectivity index (χ3v) is 3.70. The van der Waals surface area contributed by atoms with Crippen LogP contribution < -0.4 is 15.6 Å². The molecule has 3 rings (SSSR count). The van der Waals surface area contributed by atoms with E-state index in [9.17, 15) is 4.79 Å². The maximum Gasteiger partial charge on any atom is 0.295 e. The molecule has 0 radical (unpaired) electrons. The molecule has 1 unspecified atom stereocenters. The number of fused-ring (bicyclic) bond motifs is 1. The van der Waals surface area contributed by atoms with Crippen molar-refractivity contribution in [1.82, 2.24) is 9.97 Å². The van der Waals surface area contributed by atoms with Crippen LogP contribution in [0.15, 0.2) is 35.4 Å². The van der Waals surface area contributed by atoms with E-state index in [-0.39, 0.29) is 17.4 Å². The van der Waals surface area contributed by atoms with E-state index in [0.29, 0.717) is 5.82 Å². The van der Waals surface area contributed by atoms with Crippen molar-refractivity contribution >= 4 is 5.82 Å². The van der Waals surface area contributed by atoms with Gasteiger partial charge in [-0.15, -0.1) is 0 Å². The molecule has 0 amide bonds. The topological polar surface area (TPSA) is 67.0 Å². The molecule has 1 aliphatic rings. The van der Waals surface area contributed by atoms with Gasteiger partial charge in [-0.2, -0.15) is 0 Å². The smallest absolute Gasteiger partial charge is 0.295 e. The molecule has 1 aromatic heterocycles. The lowest BCUT2D eigenvalue weighted by Gasteiger charge is -2.27. The average Bonchev–Trinajstić information content (AvgIpc) is 2.48. The van der Waals surface area contributed by atoms with Crippen molar-refractivity contribution in [3.05, 3.63) is 52.1 Å². The summed E-state index contributed by atoms with van der Waals surface area (Å²) in [6.45, 7) is 0. The molecule has 0 spiro atoms. The summed E-state index contributed by atoms with van der Waals surface area (Å²) in [5.41, 5.74) is 2.37. The number of aromatic amines is 1. The molecular formula is C15H17N3O2. The van der Waals surface area contributed by atoms with Crippen molar-refractivity contribution in [3.63, 3.8) is 0 Å². The summed E-state index contributed by atoms with van der Waals surface area (Å²) in [5, 5.41) is 3.34. The number of benzene rings is 1. The highest BCUT2D eigenvalue weighted by molar-refractivity contribution is 5.50. The van der Waals surface area contributed by atoms with Gasteiger partial charge < -0.3 is 15.0 Å². The monoisotopic (exact) mass is 271 g/mol. The van der Waals surface area contributed by atoms with Crippen LogP contribution in [0.3, 0.4) is 0 Å². The van der Waals surface area contributed by atoms with Crippen LogP contribution in [0.5, 0.6) is 5.75 Å². The number of nitrogens with zero attached hydrogens (tertiary/aromatic N) is 1. The molecule has 20 heavy (non-hydrogen) atoms. The molecule has 1 heterocycles. The second-order valence-corrected chi connectivity index (χ2v) is 4.90. The Morgan fingerprint density at radius 1 is 1.40 bits per heavy atom. The Morgan fingerprint density at radius 3 is 3.10 bits per heavy atom. The zero-order chi connectivity index (χ0) is 13.9. The van der Waals surface area contributed by atoms with Crippen LogP contribution in [0.1, 0.15) is 30.0 Å². The zero-order valence-corrected chi connectivity index (χ0v) is 11.3. The number of methoxy groups -OCH3 is 1. The number of aromatic nitrogens is 2. The Hall–Kier alpha value is -2.30. The molecule has 0 saturated carbocycles. The van der Waals surface area contributed by atoms with E-state index >= 15 is 0 Å². The first-order chi connectivity index (χ1) is 9.79. The van der Waals surface area contributed by atoms with Gasteiger partial charge in [-0.1, -0.05) is 24.3 Å². The number of rotatable bonds is 3. The molecule has 5 nitrogen and oxygen atoms in total. The summed E-state index contributed by atoms with van der Waals surface area (Å²) in [5.74, 6) is 0.730. The zero-order valence-electron chi connectivity index (χ0n) is 11.3. The molecule has 2 N–H and O–H groups in total. The minimum absolute atomic E-state index is 0.170. The molecule has 2 aromatic rings. The van der Waals surface area contributed by atoms with Crippen molar-refractivity contribution in [2.75, 3.05) is 12.4 Å². The Kier molecular flexibility index (Phi) is 3.41. The Balaban J connectivity index is 1.94. The first-order valence-corrected chi connectivity index (χ1v) is 6.75. The minimum atomic E-state index is -0.269. The second kappa shape index (κ2) is 5.36. The molecule has 1 aromatic carbocycles. The number of H-pyrrole nitrogens is 1. The summed E-state index contributed by atoms with van der Waals surface area (Å²) in [4.78, 5) is 18.4. The Labute approximate surface area is 117 Å². The molecule has 104 valence electrons. The van der Waals surface area contributed by atoms with Crippen LogP contribution in [-0.2, 0) is 6.42 Å². The number of anilines is 1. The highest BCUT2D eigenvalue weighted by atomic mass is 16.5. The van der Waals surface area contributed by atoms with Crippen molar-refractivity contribution in [2.24, 2.45) is 0 Å². The van der Waals surface area contributed by atoms with Gasteiger partial charge in [0.2, 0.25) is 5.75 Å². The van der Waals surface area contributed by atoms with Crippen molar-refractivity contribution in [1.29, 1.82) is 0 Å². The quantitative estimate of drug-likeness (QED) is 0.898. The predicted molar refractivity (Wildman–Crippen MR) is 77.2 cm³/mol. The fourth-order valence-corrected chi connectivity index (χ4v) is 2.75. The molecule has 1 atom stereocenters. The molecule has 1 aliphatic carbocycles. The van der Waals surface area contributed by atoms with E-state index in [1.165, 1.54) is 24.6 Å². The van der Waals surface area contributed by atoms with Crippen LogP contribution >= 0.6 is 0 Å². The Morgan fingerprint density at radius 2 is 2.25 bits per heavy atom. The molecule has 5 heteroatoms. The minimum Gasteiger partial charge on any atom is -0.489 e. The lowest BCUT2D eigenvalue weighted by molar-refractivity contribution is 0.407. The van der Waals surface area contributed by atoms with Gasteiger partial charge in [-0.25, -0.2) is 4.98 Å². The van der Waals surface area contributed by atoms with Crippen LogP contribution in [0, 0.1) is 0 Å². The van der Waals surface area contributed by atoms with Crippen LogP contribution in [0.4, 0.5) is 5.82 Å². The Bertz CT molecular complexity index is 666. The maximum absolute atomic E-state index is 11.7. The van der Waals surface area contributed by atoms with E-state index in [2.05, 4.69) is 33.5 Å². The fourth-order valence-electron chi connectivity index (χ4n) is 2.75. The van der Waals surface area contributed by atoms with E-state index < -0.39 is 0 Å². The third kappa shape index (κ3) is 2.27. The number of aryl methyl sites for hydroxylation is 1. The third-order valence-electron chi connectivity index (χ3n) is 3.70. The number of ether oxygens (including phenoxy) is 1. The highest BCUT2D eigenvalue weighted by Gasteiger charge is 2.21. The second-order valence-electron chi connectivity index (χ2n) is 4.90.